The molecule has 0 radical (unpaired) electrons. The Kier molecular flexibility index (Phi) is 12.6. The van der Waals surface area contributed by atoms with Crippen molar-refractivity contribution in [2.75, 3.05) is 61.7 Å². The maximum atomic E-state index is 13.9. The van der Waals surface area contributed by atoms with E-state index in [-0.39, 0.29) is 24.1 Å². The van der Waals surface area contributed by atoms with Crippen molar-refractivity contribution in [1.29, 1.82) is 0 Å². The van der Waals surface area contributed by atoms with Gasteiger partial charge in [-0.1, -0.05) is 20.3 Å². The first kappa shape index (κ1) is 35.9. The number of urea groups is 2. The largest absolute Gasteiger partial charge is 0.378 e. The number of carbonyl (C=O) groups is 2. The molecule has 3 fully saturated rings. The quantitative estimate of drug-likeness (QED) is 0.267. The topological polar surface area (TPSA) is 71.2 Å². The van der Waals surface area contributed by atoms with E-state index >= 15 is 0 Å². The number of hydrogen-bond donors (Lipinski definition) is 2. The smallest absolute Gasteiger partial charge is 0.322 e. The van der Waals surface area contributed by atoms with Gasteiger partial charge in [0.15, 0.2) is 0 Å². The van der Waals surface area contributed by atoms with Crippen LogP contribution in [-0.2, 0) is 0 Å². The van der Waals surface area contributed by atoms with Crippen molar-refractivity contribution < 1.29 is 9.59 Å². The first-order chi connectivity index (χ1) is 23.0. The number of amides is 4. The van der Waals surface area contributed by atoms with E-state index in [2.05, 4.69) is 68.3 Å². The summed E-state index contributed by atoms with van der Waals surface area (Å²) in [4.78, 5) is 36.4. The number of carbonyl (C=O) groups excluding carboxylic acids is 2. The summed E-state index contributed by atoms with van der Waals surface area (Å²) < 4.78 is 0. The van der Waals surface area contributed by atoms with Crippen molar-refractivity contribution in [1.82, 2.24) is 9.80 Å². The number of nitrogens with zero attached hydrogens (tertiary/aromatic N) is 4. The van der Waals surface area contributed by atoms with Crippen LogP contribution in [0.15, 0.2) is 48.5 Å². The lowest BCUT2D eigenvalue weighted by Crippen LogP contribution is -2.49. The lowest BCUT2D eigenvalue weighted by molar-refractivity contribution is 0.104. The fraction of sp³-hybridized carbons (Fsp3) is 0.650. The Balaban J connectivity index is 1.26. The third-order valence-electron chi connectivity index (χ3n) is 11.4. The molecule has 264 valence electrons. The third kappa shape index (κ3) is 9.82. The fourth-order valence-electron chi connectivity index (χ4n) is 8.27. The van der Waals surface area contributed by atoms with E-state index in [1.54, 1.807) is 0 Å². The van der Waals surface area contributed by atoms with Crippen LogP contribution in [0.3, 0.4) is 0 Å². The van der Waals surface area contributed by atoms with Gasteiger partial charge >= 0.3 is 12.1 Å². The summed E-state index contributed by atoms with van der Waals surface area (Å²) in [7, 11) is 8.12. The summed E-state index contributed by atoms with van der Waals surface area (Å²) in [6, 6.07) is 16.9. The van der Waals surface area contributed by atoms with Crippen LogP contribution >= 0.6 is 0 Å². The number of benzene rings is 2. The minimum absolute atomic E-state index is 0.0342. The molecule has 0 spiro atoms. The minimum Gasteiger partial charge on any atom is -0.378 e. The first-order valence-corrected chi connectivity index (χ1v) is 18.8. The van der Waals surface area contributed by atoms with Crippen molar-refractivity contribution in [3.8, 4) is 0 Å². The Morgan fingerprint density at radius 1 is 0.562 bits per heavy atom. The fourth-order valence-corrected chi connectivity index (χ4v) is 8.27. The molecular weight excluding hydrogens is 596 g/mol. The van der Waals surface area contributed by atoms with Gasteiger partial charge in [-0.05, 0) is 143 Å². The second kappa shape index (κ2) is 16.8. The second-order valence-electron chi connectivity index (χ2n) is 15.8. The van der Waals surface area contributed by atoms with Crippen LogP contribution in [0.25, 0.3) is 0 Å². The van der Waals surface area contributed by atoms with Gasteiger partial charge in [-0.25, -0.2) is 9.59 Å². The Morgan fingerprint density at radius 2 is 0.917 bits per heavy atom. The van der Waals surface area contributed by atoms with Crippen LogP contribution in [0.2, 0.25) is 0 Å². The van der Waals surface area contributed by atoms with Crippen molar-refractivity contribution in [3.05, 3.63) is 48.5 Å². The molecule has 0 aliphatic heterocycles. The molecule has 3 aliphatic carbocycles. The number of anilines is 4. The molecule has 48 heavy (non-hydrogen) atoms. The van der Waals surface area contributed by atoms with Crippen LogP contribution in [0.5, 0.6) is 0 Å². The van der Waals surface area contributed by atoms with Crippen LogP contribution in [-0.4, -0.2) is 75.2 Å². The van der Waals surface area contributed by atoms with Crippen molar-refractivity contribution in [3.63, 3.8) is 0 Å². The summed E-state index contributed by atoms with van der Waals surface area (Å²) in [6.45, 7) is 6.27. The summed E-state index contributed by atoms with van der Waals surface area (Å²) in [5.74, 6) is 2.35. The molecule has 5 rings (SSSR count). The van der Waals surface area contributed by atoms with Gasteiger partial charge in [0, 0.05) is 76.1 Å². The predicted molar refractivity (Wildman–Crippen MR) is 201 cm³/mol. The lowest BCUT2D eigenvalue weighted by atomic mass is 9.79. The van der Waals surface area contributed by atoms with E-state index in [9.17, 15) is 9.59 Å². The molecule has 2 N–H and O–H groups in total. The van der Waals surface area contributed by atoms with Gasteiger partial charge in [0.2, 0.25) is 0 Å². The summed E-state index contributed by atoms with van der Waals surface area (Å²) in [5.41, 5.74) is 3.93. The number of nitrogens with one attached hydrogen (secondary N) is 2. The normalized spacial score (nSPS) is 25.9. The van der Waals surface area contributed by atoms with E-state index in [1.807, 2.05) is 52.5 Å². The van der Waals surface area contributed by atoms with Gasteiger partial charge in [0.25, 0.3) is 0 Å². The molecule has 2 atom stereocenters. The first-order valence-electron chi connectivity index (χ1n) is 18.8. The van der Waals surface area contributed by atoms with Gasteiger partial charge in [0.1, 0.15) is 0 Å². The van der Waals surface area contributed by atoms with Crippen LogP contribution < -0.4 is 20.4 Å². The Bertz CT molecular complexity index is 1200. The van der Waals surface area contributed by atoms with E-state index in [4.69, 9.17) is 0 Å². The Morgan fingerprint density at radius 3 is 1.25 bits per heavy atom. The van der Waals surface area contributed by atoms with Gasteiger partial charge in [-0.15, -0.1) is 0 Å². The van der Waals surface area contributed by atoms with E-state index in [1.165, 1.54) is 25.7 Å². The SMILES string of the molecule is CC1CCC(N(C[C@H]2CCC[C@H](CN(C(=O)Nc3ccc(N(C)C)cc3)C3CCC(C)CC3)C2)C(=O)Nc2ccc(N(C)C)cc2)CC1. The van der Waals surface area contributed by atoms with Gasteiger partial charge in [-0.2, -0.15) is 0 Å². The van der Waals surface area contributed by atoms with E-state index in [0.717, 1.165) is 99.0 Å². The highest BCUT2D eigenvalue weighted by atomic mass is 16.2. The maximum absolute atomic E-state index is 13.9. The Labute approximate surface area is 290 Å². The molecule has 3 saturated carbocycles. The maximum Gasteiger partial charge on any atom is 0.322 e. The molecule has 0 saturated heterocycles. The molecule has 0 bridgehead atoms. The standard InChI is InChI=1S/C40H62N6O2/c1-29-10-18-37(19-11-29)45(39(47)41-33-14-22-35(23-15-33)43(3)4)27-31-8-7-9-32(26-31)28-46(38-20-12-30(2)13-21-38)40(48)42-34-16-24-36(25-17-34)44(5)6/h14-17,22-25,29-32,37-38H,7-13,18-21,26-28H2,1-6H3,(H,41,47)(H,42,48)/t29?,30?,31-,32-,37?,38?/m0/s1. The highest BCUT2D eigenvalue weighted by Gasteiger charge is 2.34. The monoisotopic (exact) mass is 658 g/mol. The molecule has 8 heteroatoms. The van der Waals surface area contributed by atoms with Gasteiger partial charge in [-0.3, -0.25) is 0 Å². The lowest BCUT2D eigenvalue weighted by Gasteiger charge is -2.42. The molecule has 0 aromatic heterocycles. The van der Waals surface area contributed by atoms with Crippen molar-refractivity contribution in [2.24, 2.45) is 23.7 Å². The van der Waals surface area contributed by atoms with Crippen molar-refractivity contribution >= 4 is 34.8 Å². The summed E-state index contributed by atoms with van der Waals surface area (Å²) >= 11 is 0. The summed E-state index contributed by atoms with van der Waals surface area (Å²) in [6.07, 6.45) is 13.5. The highest BCUT2D eigenvalue weighted by molar-refractivity contribution is 5.90. The number of rotatable bonds is 10. The average Bonchev–Trinajstić information content (AvgIpc) is 3.07. The second-order valence-corrected chi connectivity index (χ2v) is 15.8. The molecule has 4 amide bonds. The van der Waals surface area contributed by atoms with Crippen LogP contribution in [0.1, 0.15) is 90.9 Å². The van der Waals surface area contributed by atoms with Gasteiger partial charge < -0.3 is 30.2 Å². The molecule has 8 nitrogen and oxygen atoms in total. The molecule has 2 aromatic rings. The Hall–Kier alpha value is -3.42. The summed E-state index contributed by atoms with van der Waals surface area (Å²) in [5, 5.41) is 6.50. The molecule has 2 aromatic carbocycles. The number of hydrogen-bond acceptors (Lipinski definition) is 4. The van der Waals surface area contributed by atoms with Crippen LogP contribution in [0, 0.1) is 23.7 Å². The van der Waals surface area contributed by atoms with Crippen molar-refractivity contribution in [2.45, 2.75) is 103 Å². The molecule has 0 unspecified atom stereocenters. The zero-order valence-electron chi connectivity index (χ0n) is 30.6. The average molecular weight is 659 g/mol. The zero-order chi connectivity index (χ0) is 34.2. The van der Waals surface area contributed by atoms with E-state index < -0.39 is 0 Å². The van der Waals surface area contributed by atoms with Gasteiger partial charge in [0.05, 0.1) is 0 Å². The third-order valence-corrected chi connectivity index (χ3v) is 11.4. The zero-order valence-corrected chi connectivity index (χ0v) is 30.6. The molecule has 0 heterocycles. The molecule has 3 aliphatic rings. The van der Waals surface area contributed by atoms with Crippen LogP contribution in [0.4, 0.5) is 32.3 Å². The molecular formula is C40H62N6O2. The minimum atomic E-state index is 0.0342. The van der Waals surface area contributed by atoms with E-state index in [0.29, 0.717) is 11.8 Å². The highest BCUT2D eigenvalue weighted by Crippen LogP contribution is 2.36. The predicted octanol–water partition coefficient (Wildman–Crippen LogP) is 9.15.